The highest BCUT2D eigenvalue weighted by Crippen LogP contribution is 2.13. The van der Waals surface area contributed by atoms with Crippen molar-refractivity contribution in [2.45, 2.75) is 0 Å². The van der Waals surface area contributed by atoms with E-state index >= 15 is 0 Å². The molecule has 0 aliphatic carbocycles. The summed E-state index contributed by atoms with van der Waals surface area (Å²) in [5.74, 6) is -0.302. The molecule has 1 amide bonds. The molecule has 7 nitrogen and oxygen atoms in total. The Morgan fingerprint density at radius 3 is 2.56 bits per heavy atom. The summed E-state index contributed by atoms with van der Waals surface area (Å²) in [6, 6.07) is 4.76. The second-order valence-corrected chi connectivity index (χ2v) is 3.65. The molecular formula is C11H11N3O4. The van der Waals surface area contributed by atoms with Gasteiger partial charge in [0.25, 0.3) is 0 Å². The summed E-state index contributed by atoms with van der Waals surface area (Å²) in [5.41, 5.74) is -0.00653. The molecule has 2 rings (SSSR count). The van der Waals surface area contributed by atoms with E-state index in [1.807, 2.05) is 0 Å². The largest absolute Gasteiger partial charge is 0.375 e. The summed E-state index contributed by atoms with van der Waals surface area (Å²) in [4.78, 5) is 38.4. The molecule has 0 bridgehead atoms. The van der Waals surface area contributed by atoms with Gasteiger partial charge in [-0.2, -0.15) is 0 Å². The summed E-state index contributed by atoms with van der Waals surface area (Å²) in [7, 11) is 1.42. The van der Waals surface area contributed by atoms with Gasteiger partial charge in [0.05, 0.1) is 11.0 Å². The molecule has 0 aliphatic heterocycles. The van der Waals surface area contributed by atoms with Crippen molar-refractivity contribution in [3.63, 3.8) is 0 Å². The number of anilines is 1. The predicted molar refractivity (Wildman–Crippen MR) is 65.7 cm³/mol. The number of benzene rings is 1. The van der Waals surface area contributed by atoms with Gasteiger partial charge in [0.1, 0.15) is 6.61 Å². The van der Waals surface area contributed by atoms with Gasteiger partial charge in [-0.1, -0.05) is 0 Å². The molecule has 94 valence electrons. The number of aromatic amines is 2. The van der Waals surface area contributed by atoms with Crippen LogP contribution < -0.4 is 16.4 Å². The average Bonchev–Trinajstić information content (AvgIpc) is 2.31. The fraction of sp³-hybridized carbons (Fsp3) is 0.182. The minimum absolute atomic E-state index is 0.0554. The molecule has 1 aromatic carbocycles. The van der Waals surface area contributed by atoms with Gasteiger partial charge < -0.3 is 20.0 Å². The van der Waals surface area contributed by atoms with E-state index in [-0.39, 0.29) is 12.5 Å². The number of methoxy groups -OCH3 is 1. The fourth-order valence-electron chi connectivity index (χ4n) is 1.52. The third-order valence-electron chi connectivity index (χ3n) is 2.28. The van der Waals surface area contributed by atoms with Crippen LogP contribution >= 0.6 is 0 Å². The molecule has 0 unspecified atom stereocenters. The number of hydrogen-bond donors (Lipinski definition) is 3. The third-order valence-corrected chi connectivity index (χ3v) is 2.28. The van der Waals surface area contributed by atoms with Gasteiger partial charge in [0.15, 0.2) is 0 Å². The zero-order chi connectivity index (χ0) is 13.1. The van der Waals surface area contributed by atoms with Gasteiger partial charge in [-0.25, -0.2) is 0 Å². The standard InChI is InChI=1S/C11H11N3O4/c1-18-5-9(15)12-6-2-3-7-8(4-6)14-11(17)10(16)13-7/h2-4H,5H2,1H3,(H,12,15)(H,13,16)(H,14,17). The van der Waals surface area contributed by atoms with E-state index in [1.165, 1.54) is 7.11 Å². The Bertz CT molecular complexity index is 701. The quantitative estimate of drug-likeness (QED) is 0.655. The second kappa shape index (κ2) is 4.84. The molecule has 0 saturated heterocycles. The summed E-state index contributed by atoms with van der Waals surface area (Å²) >= 11 is 0. The van der Waals surface area contributed by atoms with E-state index in [9.17, 15) is 14.4 Å². The molecule has 7 heteroatoms. The molecule has 3 N–H and O–H groups in total. The number of fused-ring (bicyclic) bond motifs is 1. The first-order valence-corrected chi connectivity index (χ1v) is 5.15. The first-order valence-electron chi connectivity index (χ1n) is 5.15. The smallest absolute Gasteiger partial charge is 0.314 e. The first kappa shape index (κ1) is 12.1. The lowest BCUT2D eigenvalue weighted by molar-refractivity contribution is -0.119. The van der Waals surface area contributed by atoms with Crippen LogP contribution in [-0.4, -0.2) is 29.6 Å². The van der Waals surface area contributed by atoms with Crippen LogP contribution in [0.2, 0.25) is 0 Å². The lowest BCUT2D eigenvalue weighted by Crippen LogP contribution is -2.28. The Morgan fingerprint density at radius 2 is 1.89 bits per heavy atom. The summed E-state index contributed by atoms with van der Waals surface area (Å²) in [6.07, 6.45) is 0. The van der Waals surface area contributed by atoms with Crippen LogP contribution in [0.5, 0.6) is 0 Å². The summed E-state index contributed by atoms with van der Waals surface area (Å²) < 4.78 is 4.68. The van der Waals surface area contributed by atoms with Crippen LogP contribution in [0.3, 0.4) is 0 Å². The minimum atomic E-state index is -0.733. The highest BCUT2D eigenvalue weighted by atomic mass is 16.5. The Balaban J connectivity index is 2.38. The maximum Gasteiger partial charge on any atom is 0.314 e. The molecule has 0 atom stereocenters. The SMILES string of the molecule is COCC(=O)Nc1ccc2[nH]c(=O)c(=O)[nH]c2c1. The van der Waals surface area contributed by atoms with E-state index in [0.29, 0.717) is 16.7 Å². The molecular weight excluding hydrogens is 238 g/mol. The Hall–Kier alpha value is -2.41. The van der Waals surface area contributed by atoms with E-state index < -0.39 is 11.1 Å². The van der Waals surface area contributed by atoms with Gasteiger partial charge in [0, 0.05) is 12.8 Å². The van der Waals surface area contributed by atoms with Crippen LogP contribution in [0, 0.1) is 0 Å². The number of carbonyl (C=O) groups is 1. The fourth-order valence-corrected chi connectivity index (χ4v) is 1.52. The van der Waals surface area contributed by atoms with Crippen molar-refractivity contribution in [1.29, 1.82) is 0 Å². The van der Waals surface area contributed by atoms with Gasteiger partial charge >= 0.3 is 11.1 Å². The van der Waals surface area contributed by atoms with Crippen molar-refractivity contribution in [3.8, 4) is 0 Å². The Morgan fingerprint density at radius 1 is 1.22 bits per heavy atom. The molecule has 0 fully saturated rings. The van der Waals surface area contributed by atoms with Crippen molar-refractivity contribution in [3.05, 3.63) is 38.9 Å². The van der Waals surface area contributed by atoms with Gasteiger partial charge in [-0.15, -0.1) is 0 Å². The molecule has 0 saturated carbocycles. The van der Waals surface area contributed by atoms with E-state index in [0.717, 1.165) is 0 Å². The van der Waals surface area contributed by atoms with Gasteiger partial charge in [-0.05, 0) is 18.2 Å². The third kappa shape index (κ3) is 2.46. The number of rotatable bonds is 3. The highest BCUT2D eigenvalue weighted by Gasteiger charge is 2.04. The predicted octanol–water partition coefficient (Wildman–Crippen LogP) is -0.199. The molecule has 0 spiro atoms. The number of aromatic nitrogens is 2. The van der Waals surface area contributed by atoms with Crippen LogP contribution in [0.4, 0.5) is 5.69 Å². The number of H-pyrrole nitrogens is 2. The van der Waals surface area contributed by atoms with Crippen molar-refractivity contribution in [2.24, 2.45) is 0 Å². The number of amides is 1. The monoisotopic (exact) mass is 249 g/mol. The second-order valence-electron chi connectivity index (χ2n) is 3.65. The topological polar surface area (TPSA) is 104 Å². The van der Waals surface area contributed by atoms with Crippen molar-refractivity contribution >= 4 is 22.6 Å². The first-order chi connectivity index (χ1) is 8.60. The zero-order valence-electron chi connectivity index (χ0n) is 9.57. The number of hydrogen-bond acceptors (Lipinski definition) is 4. The van der Waals surface area contributed by atoms with Crippen LogP contribution in [-0.2, 0) is 9.53 Å². The molecule has 0 radical (unpaired) electrons. The number of carbonyl (C=O) groups excluding carboxylic acids is 1. The van der Waals surface area contributed by atoms with Crippen molar-refractivity contribution < 1.29 is 9.53 Å². The molecule has 2 aromatic rings. The number of nitrogens with one attached hydrogen (secondary N) is 3. The minimum Gasteiger partial charge on any atom is -0.375 e. The average molecular weight is 249 g/mol. The molecule has 0 aliphatic rings. The van der Waals surface area contributed by atoms with E-state index in [2.05, 4.69) is 20.0 Å². The lowest BCUT2D eigenvalue weighted by Gasteiger charge is -2.05. The van der Waals surface area contributed by atoms with E-state index in [1.54, 1.807) is 18.2 Å². The van der Waals surface area contributed by atoms with Crippen LogP contribution in [0.1, 0.15) is 0 Å². The highest BCUT2D eigenvalue weighted by molar-refractivity contribution is 5.93. The zero-order valence-corrected chi connectivity index (χ0v) is 9.57. The maximum absolute atomic E-state index is 11.3. The Labute approximate surface area is 101 Å². The van der Waals surface area contributed by atoms with Crippen molar-refractivity contribution in [1.82, 2.24) is 9.97 Å². The van der Waals surface area contributed by atoms with Gasteiger partial charge in [0.2, 0.25) is 5.91 Å². The summed E-state index contributed by atoms with van der Waals surface area (Å²) in [6.45, 7) is -0.0554. The number of ether oxygens (including phenoxy) is 1. The maximum atomic E-state index is 11.3. The van der Waals surface area contributed by atoms with Crippen molar-refractivity contribution in [2.75, 3.05) is 19.0 Å². The van der Waals surface area contributed by atoms with Gasteiger partial charge in [-0.3, -0.25) is 14.4 Å². The molecule has 1 heterocycles. The molecule has 18 heavy (non-hydrogen) atoms. The lowest BCUT2D eigenvalue weighted by atomic mass is 10.2. The molecule has 1 aromatic heterocycles. The van der Waals surface area contributed by atoms with E-state index in [4.69, 9.17) is 0 Å². The van der Waals surface area contributed by atoms with Crippen LogP contribution in [0.15, 0.2) is 27.8 Å². The Kier molecular flexibility index (Phi) is 3.24. The van der Waals surface area contributed by atoms with Crippen LogP contribution in [0.25, 0.3) is 11.0 Å². The normalized spacial score (nSPS) is 10.5. The summed E-state index contributed by atoms with van der Waals surface area (Å²) in [5, 5.41) is 2.59.